The van der Waals surface area contributed by atoms with Crippen LogP contribution in [0.5, 0.6) is 0 Å². The van der Waals surface area contributed by atoms with Crippen molar-refractivity contribution in [2.45, 2.75) is 12.8 Å². The molecule has 0 atom stereocenters. The fourth-order valence-electron chi connectivity index (χ4n) is 1.53. The van der Waals surface area contributed by atoms with Gasteiger partial charge in [0.15, 0.2) is 0 Å². The number of aliphatic carboxylic acids is 1. The highest BCUT2D eigenvalue weighted by Crippen LogP contribution is 2.11. The van der Waals surface area contributed by atoms with Gasteiger partial charge in [-0.05, 0) is 30.2 Å². The molecular weight excluding hydrogens is 274 g/mol. The highest BCUT2D eigenvalue weighted by atomic mass is 16.4. The number of rotatable bonds is 7. The maximum Gasteiger partial charge on any atom is 0.328 e. The first kappa shape index (κ1) is 16.2. The zero-order valence-corrected chi connectivity index (χ0v) is 11.3. The number of carboxylic acid groups (broad SMARTS) is 1. The van der Waals surface area contributed by atoms with Crippen LogP contribution < -0.4 is 16.4 Å². The number of anilines is 1. The van der Waals surface area contributed by atoms with Crippen LogP contribution in [-0.2, 0) is 9.59 Å². The van der Waals surface area contributed by atoms with Crippen LogP contribution in [0.1, 0.15) is 18.4 Å². The van der Waals surface area contributed by atoms with Crippen LogP contribution in [0.2, 0.25) is 0 Å². The number of primary amides is 1. The molecule has 0 saturated heterocycles. The first-order chi connectivity index (χ1) is 9.97. The Morgan fingerprint density at radius 3 is 2.71 bits per heavy atom. The average molecular weight is 291 g/mol. The third-order valence-electron chi connectivity index (χ3n) is 2.45. The van der Waals surface area contributed by atoms with Crippen LogP contribution in [0.25, 0.3) is 6.08 Å². The van der Waals surface area contributed by atoms with Gasteiger partial charge in [-0.1, -0.05) is 12.1 Å². The lowest BCUT2D eigenvalue weighted by atomic mass is 10.2. The minimum absolute atomic E-state index is 0.218. The number of benzene rings is 1. The number of carboxylic acids is 1. The molecule has 0 fully saturated rings. The molecule has 0 aliphatic carbocycles. The zero-order valence-electron chi connectivity index (χ0n) is 11.3. The Labute approximate surface area is 121 Å². The lowest BCUT2D eigenvalue weighted by molar-refractivity contribution is -0.131. The quantitative estimate of drug-likeness (QED) is 0.445. The Balaban J connectivity index is 2.47. The maximum atomic E-state index is 11.6. The average Bonchev–Trinajstić information content (AvgIpc) is 2.41. The maximum absolute atomic E-state index is 11.6. The predicted octanol–water partition coefficient (Wildman–Crippen LogP) is 1.17. The first-order valence-electron chi connectivity index (χ1n) is 6.31. The van der Waals surface area contributed by atoms with Crippen LogP contribution in [0.3, 0.4) is 0 Å². The number of nitrogens with two attached hydrogens (primary N) is 1. The highest BCUT2D eigenvalue weighted by Gasteiger charge is 2.02. The molecule has 0 radical (unpaired) electrons. The molecule has 1 aromatic carbocycles. The zero-order chi connectivity index (χ0) is 15.7. The van der Waals surface area contributed by atoms with E-state index in [0.29, 0.717) is 24.2 Å². The number of nitrogens with one attached hydrogen (secondary N) is 2. The van der Waals surface area contributed by atoms with Gasteiger partial charge in [0.25, 0.3) is 0 Å². The van der Waals surface area contributed by atoms with Gasteiger partial charge in [-0.3, -0.25) is 4.79 Å². The summed E-state index contributed by atoms with van der Waals surface area (Å²) in [4.78, 5) is 32.5. The second kappa shape index (κ2) is 8.36. The summed E-state index contributed by atoms with van der Waals surface area (Å²) < 4.78 is 0. The van der Waals surface area contributed by atoms with E-state index in [1.165, 1.54) is 6.08 Å². The van der Waals surface area contributed by atoms with E-state index < -0.39 is 17.9 Å². The van der Waals surface area contributed by atoms with Crippen LogP contribution in [0.4, 0.5) is 10.5 Å². The Kier molecular flexibility index (Phi) is 6.46. The van der Waals surface area contributed by atoms with Crippen molar-refractivity contribution in [3.8, 4) is 0 Å². The van der Waals surface area contributed by atoms with E-state index in [2.05, 4.69) is 10.6 Å². The first-order valence-corrected chi connectivity index (χ1v) is 6.31. The van der Waals surface area contributed by atoms with E-state index in [-0.39, 0.29) is 6.42 Å². The molecule has 7 nitrogen and oxygen atoms in total. The largest absolute Gasteiger partial charge is 0.478 e. The molecule has 0 heterocycles. The van der Waals surface area contributed by atoms with Crippen molar-refractivity contribution in [1.29, 1.82) is 0 Å². The highest BCUT2D eigenvalue weighted by molar-refractivity contribution is 5.90. The van der Waals surface area contributed by atoms with Crippen molar-refractivity contribution in [2.24, 2.45) is 5.73 Å². The smallest absolute Gasteiger partial charge is 0.328 e. The van der Waals surface area contributed by atoms with Crippen LogP contribution >= 0.6 is 0 Å². The summed E-state index contributed by atoms with van der Waals surface area (Å²) in [6.45, 7) is 0.341. The fraction of sp³-hybridized carbons (Fsp3) is 0.214. The number of carbonyl (C=O) groups excluding carboxylic acids is 2. The molecule has 0 unspecified atom stereocenters. The van der Waals surface area contributed by atoms with Gasteiger partial charge in [0.05, 0.1) is 0 Å². The SMILES string of the molecule is NC(=O)CCCNC(=O)Nc1cccc(/C=C/C(=O)O)c1. The summed E-state index contributed by atoms with van der Waals surface area (Å²) in [5.74, 6) is -1.45. The van der Waals surface area contributed by atoms with E-state index in [4.69, 9.17) is 10.8 Å². The van der Waals surface area contributed by atoms with Crippen molar-refractivity contribution < 1.29 is 19.5 Å². The fourth-order valence-corrected chi connectivity index (χ4v) is 1.53. The van der Waals surface area contributed by atoms with Crippen molar-refractivity contribution in [3.63, 3.8) is 0 Å². The van der Waals surface area contributed by atoms with Gasteiger partial charge in [-0.2, -0.15) is 0 Å². The molecule has 21 heavy (non-hydrogen) atoms. The summed E-state index contributed by atoms with van der Waals surface area (Å²) in [5, 5.41) is 13.7. The van der Waals surface area contributed by atoms with Gasteiger partial charge in [0.2, 0.25) is 5.91 Å². The molecule has 3 amide bonds. The number of hydrogen-bond acceptors (Lipinski definition) is 3. The third kappa shape index (κ3) is 7.36. The molecular formula is C14H17N3O4. The third-order valence-corrected chi connectivity index (χ3v) is 2.45. The molecule has 0 aliphatic rings. The van der Waals surface area contributed by atoms with Gasteiger partial charge in [-0.25, -0.2) is 9.59 Å². The standard InChI is InChI=1S/C14H17N3O4/c15-12(18)5-2-8-16-14(21)17-11-4-1-3-10(9-11)6-7-13(19)20/h1,3-4,6-7,9H,2,5,8H2,(H2,15,18)(H,19,20)(H2,16,17,21)/b7-6+. The number of hydrogen-bond donors (Lipinski definition) is 4. The van der Waals surface area contributed by atoms with Crippen molar-refractivity contribution in [2.75, 3.05) is 11.9 Å². The number of amides is 3. The van der Waals surface area contributed by atoms with E-state index >= 15 is 0 Å². The minimum atomic E-state index is -1.04. The lowest BCUT2D eigenvalue weighted by Crippen LogP contribution is -2.30. The van der Waals surface area contributed by atoms with E-state index in [9.17, 15) is 14.4 Å². The monoisotopic (exact) mass is 291 g/mol. The van der Waals surface area contributed by atoms with E-state index in [1.807, 2.05) is 0 Å². The Bertz CT molecular complexity index is 555. The topological polar surface area (TPSA) is 122 Å². The van der Waals surface area contributed by atoms with Gasteiger partial charge < -0.3 is 21.5 Å². The van der Waals surface area contributed by atoms with E-state index in [0.717, 1.165) is 6.08 Å². The Morgan fingerprint density at radius 2 is 2.05 bits per heavy atom. The molecule has 0 aromatic heterocycles. The summed E-state index contributed by atoms with van der Waals surface area (Å²) in [5.41, 5.74) is 6.18. The van der Waals surface area contributed by atoms with Gasteiger partial charge >= 0.3 is 12.0 Å². The lowest BCUT2D eigenvalue weighted by Gasteiger charge is -2.07. The molecule has 5 N–H and O–H groups in total. The van der Waals surface area contributed by atoms with Gasteiger partial charge in [-0.15, -0.1) is 0 Å². The normalized spacial score (nSPS) is 10.3. The Morgan fingerprint density at radius 1 is 1.29 bits per heavy atom. The summed E-state index contributed by atoms with van der Waals surface area (Å²) in [6.07, 6.45) is 3.14. The molecule has 0 saturated carbocycles. The minimum Gasteiger partial charge on any atom is -0.478 e. The van der Waals surface area contributed by atoms with Crippen molar-refractivity contribution in [1.82, 2.24) is 5.32 Å². The molecule has 7 heteroatoms. The Hall–Kier alpha value is -2.83. The predicted molar refractivity (Wildman–Crippen MR) is 78.6 cm³/mol. The summed E-state index contributed by atoms with van der Waals surface area (Å²) in [7, 11) is 0. The molecule has 1 aromatic rings. The number of urea groups is 1. The van der Waals surface area contributed by atoms with Crippen LogP contribution in [-0.4, -0.2) is 29.6 Å². The van der Waals surface area contributed by atoms with Crippen LogP contribution in [0, 0.1) is 0 Å². The second-order valence-electron chi connectivity index (χ2n) is 4.25. The number of carbonyl (C=O) groups is 3. The van der Waals surface area contributed by atoms with Crippen LogP contribution in [0.15, 0.2) is 30.3 Å². The molecule has 112 valence electrons. The summed E-state index contributed by atoms with van der Waals surface area (Å²) >= 11 is 0. The summed E-state index contributed by atoms with van der Waals surface area (Å²) in [6, 6.07) is 6.34. The van der Waals surface area contributed by atoms with Gasteiger partial charge in [0, 0.05) is 24.7 Å². The molecule has 0 bridgehead atoms. The van der Waals surface area contributed by atoms with Crippen molar-refractivity contribution in [3.05, 3.63) is 35.9 Å². The molecule has 0 aliphatic heterocycles. The molecule has 1 rings (SSSR count). The second-order valence-corrected chi connectivity index (χ2v) is 4.25. The van der Waals surface area contributed by atoms with Crippen molar-refractivity contribution >= 4 is 29.7 Å². The van der Waals surface area contributed by atoms with E-state index in [1.54, 1.807) is 24.3 Å². The van der Waals surface area contributed by atoms with Gasteiger partial charge in [0.1, 0.15) is 0 Å². The molecule has 0 spiro atoms.